The Hall–Kier alpha value is -1.21. The van der Waals surface area contributed by atoms with Gasteiger partial charge in [-0.15, -0.1) is 0 Å². The minimum atomic E-state index is -2.59. The number of hydrogen-bond donors (Lipinski definition) is 6. The summed E-state index contributed by atoms with van der Waals surface area (Å²) in [5, 5.41) is 51.3. The van der Waals surface area contributed by atoms with Crippen LogP contribution in [0.1, 0.15) is 19.8 Å². The molecule has 152 valence electrons. The van der Waals surface area contributed by atoms with Crippen molar-refractivity contribution in [3.8, 4) is 0 Å². The summed E-state index contributed by atoms with van der Waals surface area (Å²) >= 11 is 0. The van der Waals surface area contributed by atoms with E-state index < -0.39 is 62.0 Å². The fourth-order valence-corrected chi connectivity index (χ4v) is 2.88. The van der Waals surface area contributed by atoms with Gasteiger partial charge in [0, 0.05) is 18.8 Å². The van der Waals surface area contributed by atoms with Crippen LogP contribution in [0.15, 0.2) is 0 Å². The number of halogens is 1. The smallest absolute Gasteiger partial charge is 0.364 e. The van der Waals surface area contributed by atoms with Crippen LogP contribution in [0.3, 0.4) is 0 Å². The predicted octanol–water partition coefficient (Wildman–Crippen LogP) is -2.24. The second kappa shape index (κ2) is 10.2. The number of carboxylic acid groups (broad SMARTS) is 1. The van der Waals surface area contributed by atoms with Gasteiger partial charge in [-0.1, -0.05) is 6.92 Å². The van der Waals surface area contributed by atoms with Gasteiger partial charge in [0.05, 0.1) is 25.4 Å². The number of carbonyl (C=O) groups is 2. The highest BCUT2D eigenvalue weighted by molar-refractivity contribution is 5.81. The number of ether oxygens (including phenoxy) is 2. The number of ketones is 1. The molecule has 0 spiro atoms. The Bertz CT molecular complexity index is 480. The molecule has 1 aliphatic rings. The van der Waals surface area contributed by atoms with E-state index in [0.29, 0.717) is 6.54 Å². The minimum absolute atomic E-state index is 0.0177. The minimum Gasteiger partial charge on any atom is -0.477 e. The van der Waals surface area contributed by atoms with Crippen LogP contribution in [0, 0.1) is 5.92 Å². The highest BCUT2D eigenvalue weighted by Crippen LogP contribution is 2.38. The number of rotatable bonds is 11. The first-order valence-electron chi connectivity index (χ1n) is 8.21. The van der Waals surface area contributed by atoms with E-state index in [-0.39, 0.29) is 18.7 Å². The lowest BCUT2D eigenvalue weighted by atomic mass is 9.80. The predicted molar refractivity (Wildman–Crippen MR) is 83.7 cm³/mol. The lowest BCUT2D eigenvalue weighted by Crippen LogP contribution is -2.62. The van der Waals surface area contributed by atoms with E-state index in [1.165, 1.54) is 0 Å². The summed E-state index contributed by atoms with van der Waals surface area (Å²) < 4.78 is 22.4. The van der Waals surface area contributed by atoms with Crippen LogP contribution in [0.2, 0.25) is 0 Å². The molecule has 0 aromatic rings. The Balaban J connectivity index is 3.11. The molecule has 0 aliphatic carbocycles. The SMILES string of the molecule is CCNCC(=O)CC1C(O)CC(OCF)(C(=O)O)OC1C(O)[C@H](O)CO. The van der Waals surface area contributed by atoms with Crippen molar-refractivity contribution < 1.29 is 49.0 Å². The first-order chi connectivity index (χ1) is 12.2. The van der Waals surface area contributed by atoms with E-state index in [0.717, 1.165) is 0 Å². The van der Waals surface area contributed by atoms with Crippen LogP contribution in [-0.2, 0) is 19.1 Å². The Kier molecular flexibility index (Phi) is 8.96. The van der Waals surface area contributed by atoms with Gasteiger partial charge in [0.2, 0.25) is 0 Å². The van der Waals surface area contributed by atoms with Crippen molar-refractivity contribution in [2.75, 3.05) is 26.6 Å². The third kappa shape index (κ3) is 5.39. The molecule has 0 bridgehead atoms. The van der Waals surface area contributed by atoms with Gasteiger partial charge < -0.3 is 40.3 Å². The third-order valence-electron chi connectivity index (χ3n) is 4.29. The second-order valence-corrected chi connectivity index (χ2v) is 6.09. The lowest BCUT2D eigenvalue weighted by Gasteiger charge is -2.46. The number of carboxylic acids is 1. The van der Waals surface area contributed by atoms with Crippen molar-refractivity contribution in [1.29, 1.82) is 0 Å². The summed E-state index contributed by atoms with van der Waals surface area (Å²) in [7, 11) is 0. The van der Waals surface area contributed by atoms with Crippen LogP contribution in [0.5, 0.6) is 0 Å². The molecule has 0 saturated carbocycles. The van der Waals surface area contributed by atoms with Crippen molar-refractivity contribution in [3.63, 3.8) is 0 Å². The van der Waals surface area contributed by atoms with Crippen LogP contribution in [0.4, 0.5) is 4.39 Å². The summed E-state index contributed by atoms with van der Waals surface area (Å²) in [6.07, 6.45) is -7.62. The van der Waals surface area contributed by atoms with Crippen LogP contribution >= 0.6 is 0 Å². The molecule has 0 aromatic carbocycles. The molecule has 1 fully saturated rings. The number of alkyl halides is 1. The number of nitrogens with one attached hydrogen (secondary N) is 1. The standard InChI is InChI=1S/C15H26FNO9/c1-2-17-5-8(19)3-9-10(20)4-15(14(23)24,25-7-16)26-13(9)12(22)11(21)6-18/h9-13,17-18,20-22H,2-7H2,1H3,(H,23,24)/t9?,10?,11-,12?,13?,15?/m1/s1. The number of Topliss-reactive ketones (excluding diaryl/α,β-unsaturated/α-hetero) is 1. The number of likely N-dealkylation sites (N-methyl/N-ethyl adjacent to an activating group) is 1. The summed E-state index contributed by atoms with van der Waals surface area (Å²) in [4.78, 5) is 23.5. The molecular weight excluding hydrogens is 357 g/mol. The molecule has 1 aliphatic heterocycles. The zero-order chi connectivity index (χ0) is 19.9. The van der Waals surface area contributed by atoms with Gasteiger partial charge in [-0.05, 0) is 6.54 Å². The van der Waals surface area contributed by atoms with Gasteiger partial charge in [0.25, 0.3) is 5.79 Å². The Morgan fingerprint density at radius 3 is 2.58 bits per heavy atom. The van der Waals surface area contributed by atoms with Gasteiger partial charge in [-0.3, -0.25) is 4.79 Å². The van der Waals surface area contributed by atoms with Gasteiger partial charge in [-0.2, -0.15) is 0 Å². The van der Waals surface area contributed by atoms with E-state index in [9.17, 15) is 34.4 Å². The first kappa shape index (κ1) is 22.8. The third-order valence-corrected chi connectivity index (χ3v) is 4.29. The topological polar surface area (TPSA) is 166 Å². The number of aliphatic hydroxyl groups excluding tert-OH is 4. The Labute approximate surface area is 149 Å². The van der Waals surface area contributed by atoms with Gasteiger partial charge in [-0.25, -0.2) is 9.18 Å². The highest BCUT2D eigenvalue weighted by atomic mass is 19.1. The number of aliphatic hydroxyl groups is 4. The summed E-state index contributed by atoms with van der Waals surface area (Å²) in [6.45, 7) is -0.119. The average Bonchev–Trinajstić information content (AvgIpc) is 2.60. The number of aliphatic carboxylic acids is 1. The Morgan fingerprint density at radius 1 is 1.42 bits per heavy atom. The van der Waals surface area contributed by atoms with E-state index in [4.69, 9.17) is 9.84 Å². The van der Waals surface area contributed by atoms with E-state index >= 15 is 0 Å². The maximum Gasteiger partial charge on any atom is 0.364 e. The van der Waals surface area contributed by atoms with Crippen molar-refractivity contribution in [1.82, 2.24) is 5.32 Å². The molecular formula is C15H26FNO9. The molecule has 5 unspecified atom stereocenters. The lowest BCUT2D eigenvalue weighted by molar-refractivity contribution is -0.326. The molecule has 10 nitrogen and oxygen atoms in total. The second-order valence-electron chi connectivity index (χ2n) is 6.09. The normalized spacial score (nSPS) is 31.4. The van der Waals surface area contributed by atoms with Gasteiger partial charge in [0.1, 0.15) is 18.0 Å². The molecule has 11 heteroatoms. The summed E-state index contributed by atoms with van der Waals surface area (Å²) in [5.41, 5.74) is 0. The molecule has 0 aromatic heterocycles. The zero-order valence-corrected chi connectivity index (χ0v) is 14.4. The Morgan fingerprint density at radius 2 is 2.08 bits per heavy atom. The fourth-order valence-electron chi connectivity index (χ4n) is 2.88. The van der Waals surface area contributed by atoms with E-state index in [2.05, 4.69) is 10.1 Å². The quantitative estimate of drug-likeness (QED) is 0.230. The number of carbonyl (C=O) groups excluding carboxylic acids is 1. The van der Waals surface area contributed by atoms with Crippen LogP contribution < -0.4 is 5.32 Å². The number of hydrogen-bond acceptors (Lipinski definition) is 9. The van der Waals surface area contributed by atoms with E-state index in [1.807, 2.05) is 0 Å². The molecule has 0 radical (unpaired) electrons. The first-order valence-corrected chi connectivity index (χ1v) is 8.21. The van der Waals surface area contributed by atoms with Crippen molar-refractivity contribution in [2.45, 2.75) is 50.0 Å². The monoisotopic (exact) mass is 383 g/mol. The largest absolute Gasteiger partial charge is 0.477 e. The van der Waals surface area contributed by atoms with Crippen molar-refractivity contribution in [2.24, 2.45) is 5.92 Å². The van der Waals surface area contributed by atoms with Gasteiger partial charge in [0.15, 0.2) is 6.86 Å². The fraction of sp³-hybridized carbons (Fsp3) is 0.867. The van der Waals surface area contributed by atoms with Gasteiger partial charge >= 0.3 is 5.97 Å². The maximum absolute atomic E-state index is 12.6. The summed E-state index contributed by atoms with van der Waals surface area (Å²) in [5.74, 6) is -5.75. The molecule has 1 heterocycles. The average molecular weight is 383 g/mol. The molecule has 6 N–H and O–H groups in total. The molecule has 0 amide bonds. The van der Waals surface area contributed by atoms with E-state index in [1.54, 1.807) is 6.92 Å². The molecule has 6 atom stereocenters. The van der Waals surface area contributed by atoms with Crippen LogP contribution in [0.25, 0.3) is 0 Å². The molecule has 26 heavy (non-hydrogen) atoms. The molecule has 1 saturated heterocycles. The van der Waals surface area contributed by atoms with Crippen LogP contribution in [-0.4, -0.2) is 94.0 Å². The van der Waals surface area contributed by atoms with Crippen molar-refractivity contribution >= 4 is 11.8 Å². The maximum atomic E-state index is 12.6. The zero-order valence-electron chi connectivity index (χ0n) is 14.4. The van der Waals surface area contributed by atoms with Crippen molar-refractivity contribution in [3.05, 3.63) is 0 Å². The molecule has 1 rings (SSSR count). The highest BCUT2D eigenvalue weighted by Gasteiger charge is 2.55. The summed E-state index contributed by atoms with van der Waals surface area (Å²) in [6, 6.07) is 0.